The Kier molecular flexibility index (Phi) is 4.41. The van der Waals surface area contributed by atoms with Gasteiger partial charge in [0.15, 0.2) is 5.82 Å². The summed E-state index contributed by atoms with van der Waals surface area (Å²) >= 11 is 1.61. The molecular formula is C18H21N3O3S. The summed E-state index contributed by atoms with van der Waals surface area (Å²) in [7, 11) is 0. The Bertz CT molecular complexity index is 811. The molecule has 1 amide bonds. The molecule has 0 saturated heterocycles. The van der Waals surface area contributed by atoms with E-state index in [2.05, 4.69) is 15.5 Å². The normalized spacial score (nSPS) is 22.6. The van der Waals surface area contributed by atoms with Crippen molar-refractivity contribution >= 4 is 28.5 Å². The lowest BCUT2D eigenvalue weighted by atomic mass is 9.95. The minimum Gasteiger partial charge on any atom is -0.334 e. The molecule has 4 rings (SSSR count). The van der Waals surface area contributed by atoms with Crippen molar-refractivity contribution in [3.8, 4) is 11.5 Å². The molecule has 2 heterocycles. The van der Waals surface area contributed by atoms with Crippen molar-refractivity contribution in [3.63, 3.8) is 0 Å². The first-order chi connectivity index (χ1) is 12.2. The summed E-state index contributed by atoms with van der Waals surface area (Å²) in [6.07, 6.45) is 7.73. The second-order valence-corrected chi connectivity index (χ2v) is 7.99. The third-order valence-electron chi connectivity index (χ3n) is 5.23. The molecule has 0 radical (unpaired) electrons. The summed E-state index contributed by atoms with van der Waals surface area (Å²) < 4.78 is 5.40. The lowest BCUT2D eigenvalue weighted by Gasteiger charge is -2.14. The number of nitrogens with zero attached hydrogens (tertiary/aromatic N) is 2. The van der Waals surface area contributed by atoms with E-state index in [1.165, 1.54) is 16.9 Å². The zero-order valence-corrected chi connectivity index (χ0v) is 15.0. The van der Waals surface area contributed by atoms with E-state index in [9.17, 15) is 9.59 Å². The highest BCUT2D eigenvalue weighted by molar-refractivity contribution is 7.17. The number of thiophene rings is 1. The highest BCUT2D eigenvalue weighted by Crippen LogP contribution is 2.44. The van der Waals surface area contributed by atoms with Crippen LogP contribution in [0.2, 0.25) is 0 Å². The highest BCUT2D eigenvalue weighted by Gasteiger charge is 2.34. The van der Waals surface area contributed by atoms with Gasteiger partial charge in [0.25, 0.3) is 5.89 Å². The SMILES string of the molecule is Cc1noc(-c2c(NC(=O)C3CCCC3C=O)sc3c2CCCC3)n1. The smallest absolute Gasteiger partial charge is 0.261 e. The topological polar surface area (TPSA) is 85.1 Å². The fourth-order valence-corrected chi connectivity index (χ4v) is 5.24. The molecule has 0 spiro atoms. The van der Waals surface area contributed by atoms with Crippen molar-refractivity contribution in [1.29, 1.82) is 0 Å². The molecule has 2 aromatic heterocycles. The Balaban J connectivity index is 1.68. The number of carbonyl (C=O) groups is 2. The third kappa shape index (κ3) is 3.01. The first-order valence-electron chi connectivity index (χ1n) is 8.88. The number of carbonyl (C=O) groups excluding carboxylic acids is 2. The van der Waals surface area contributed by atoms with E-state index in [1.807, 2.05) is 0 Å². The zero-order chi connectivity index (χ0) is 17.4. The van der Waals surface area contributed by atoms with Gasteiger partial charge in [-0.3, -0.25) is 4.79 Å². The minimum atomic E-state index is -0.228. The van der Waals surface area contributed by atoms with Crippen LogP contribution in [-0.2, 0) is 22.4 Å². The van der Waals surface area contributed by atoms with Crippen LogP contribution in [0.1, 0.15) is 48.4 Å². The number of aldehydes is 1. The summed E-state index contributed by atoms with van der Waals surface area (Å²) in [6, 6.07) is 0. The van der Waals surface area contributed by atoms with Crippen LogP contribution in [0.4, 0.5) is 5.00 Å². The quantitative estimate of drug-likeness (QED) is 0.844. The number of anilines is 1. The maximum absolute atomic E-state index is 12.8. The number of fused-ring (bicyclic) bond motifs is 1. The molecule has 25 heavy (non-hydrogen) atoms. The second-order valence-electron chi connectivity index (χ2n) is 6.89. The van der Waals surface area contributed by atoms with Gasteiger partial charge in [-0.15, -0.1) is 11.3 Å². The molecule has 2 aliphatic carbocycles. The number of aromatic nitrogens is 2. The van der Waals surface area contributed by atoms with Crippen molar-refractivity contribution in [1.82, 2.24) is 10.1 Å². The molecule has 1 fully saturated rings. The lowest BCUT2D eigenvalue weighted by Crippen LogP contribution is -2.26. The molecule has 2 unspecified atom stereocenters. The largest absolute Gasteiger partial charge is 0.334 e. The van der Waals surface area contributed by atoms with Crippen LogP contribution in [0, 0.1) is 18.8 Å². The van der Waals surface area contributed by atoms with Crippen LogP contribution >= 0.6 is 11.3 Å². The summed E-state index contributed by atoms with van der Waals surface area (Å²) in [5.74, 6) is 0.605. The van der Waals surface area contributed by atoms with E-state index >= 15 is 0 Å². The number of rotatable bonds is 4. The van der Waals surface area contributed by atoms with Gasteiger partial charge >= 0.3 is 0 Å². The molecule has 132 valence electrons. The van der Waals surface area contributed by atoms with Gasteiger partial charge in [0.2, 0.25) is 5.91 Å². The van der Waals surface area contributed by atoms with Crippen LogP contribution in [0.5, 0.6) is 0 Å². The Morgan fingerprint density at radius 3 is 2.88 bits per heavy atom. The molecule has 0 bridgehead atoms. The summed E-state index contributed by atoms with van der Waals surface area (Å²) in [5.41, 5.74) is 2.11. The molecule has 6 nitrogen and oxygen atoms in total. The summed E-state index contributed by atoms with van der Waals surface area (Å²) in [6.45, 7) is 1.79. The van der Waals surface area contributed by atoms with Crippen LogP contribution in [-0.4, -0.2) is 22.3 Å². The molecule has 1 N–H and O–H groups in total. The number of amides is 1. The molecular weight excluding hydrogens is 338 g/mol. The predicted molar refractivity (Wildman–Crippen MR) is 94.5 cm³/mol. The van der Waals surface area contributed by atoms with Crippen LogP contribution in [0.25, 0.3) is 11.5 Å². The van der Waals surface area contributed by atoms with Gasteiger partial charge in [-0.2, -0.15) is 4.98 Å². The minimum absolute atomic E-state index is 0.0642. The number of hydrogen-bond donors (Lipinski definition) is 1. The zero-order valence-electron chi connectivity index (χ0n) is 14.2. The van der Waals surface area contributed by atoms with E-state index in [-0.39, 0.29) is 17.7 Å². The van der Waals surface area contributed by atoms with E-state index < -0.39 is 0 Å². The molecule has 2 aliphatic rings. The highest BCUT2D eigenvalue weighted by atomic mass is 32.1. The molecule has 2 aromatic rings. The second kappa shape index (κ2) is 6.71. The average molecular weight is 359 g/mol. The van der Waals surface area contributed by atoms with Crippen LogP contribution in [0.3, 0.4) is 0 Å². The van der Waals surface area contributed by atoms with Crippen molar-refractivity contribution in [2.75, 3.05) is 5.32 Å². The van der Waals surface area contributed by atoms with Crippen molar-refractivity contribution in [3.05, 3.63) is 16.3 Å². The van der Waals surface area contributed by atoms with E-state index in [1.54, 1.807) is 18.3 Å². The van der Waals surface area contributed by atoms with Gasteiger partial charge in [-0.1, -0.05) is 11.6 Å². The Labute approximate surface area is 150 Å². The van der Waals surface area contributed by atoms with Gasteiger partial charge < -0.3 is 14.6 Å². The summed E-state index contributed by atoms with van der Waals surface area (Å²) in [5, 5.41) is 7.77. The summed E-state index contributed by atoms with van der Waals surface area (Å²) in [4.78, 5) is 29.6. The van der Waals surface area contributed by atoms with Crippen molar-refractivity contribution in [2.45, 2.75) is 51.9 Å². The van der Waals surface area contributed by atoms with Crippen molar-refractivity contribution in [2.24, 2.45) is 11.8 Å². The fraction of sp³-hybridized carbons (Fsp3) is 0.556. The van der Waals surface area contributed by atoms with E-state index in [4.69, 9.17) is 4.52 Å². The van der Waals surface area contributed by atoms with Crippen molar-refractivity contribution < 1.29 is 14.1 Å². The predicted octanol–water partition coefficient (Wildman–Crippen LogP) is 3.54. The van der Waals surface area contributed by atoms with Gasteiger partial charge in [0, 0.05) is 16.7 Å². The first-order valence-corrected chi connectivity index (χ1v) is 9.70. The molecule has 0 aliphatic heterocycles. The Morgan fingerprint density at radius 2 is 2.12 bits per heavy atom. The Hall–Kier alpha value is -2.02. The maximum atomic E-state index is 12.8. The molecule has 7 heteroatoms. The monoisotopic (exact) mass is 359 g/mol. The lowest BCUT2D eigenvalue weighted by molar-refractivity contribution is -0.124. The van der Waals surface area contributed by atoms with E-state index in [0.717, 1.165) is 55.4 Å². The fourth-order valence-electron chi connectivity index (χ4n) is 3.96. The maximum Gasteiger partial charge on any atom is 0.261 e. The number of hydrogen-bond acceptors (Lipinski definition) is 6. The van der Waals surface area contributed by atoms with E-state index in [0.29, 0.717) is 11.7 Å². The van der Waals surface area contributed by atoms with Gasteiger partial charge in [-0.25, -0.2) is 0 Å². The third-order valence-corrected chi connectivity index (χ3v) is 6.44. The van der Waals surface area contributed by atoms with Gasteiger partial charge in [0.05, 0.1) is 5.56 Å². The molecule has 0 aromatic carbocycles. The average Bonchev–Trinajstić information content (AvgIpc) is 3.31. The van der Waals surface area contributed by atoms with Crippen LogP contribution < -0.4 is 5.32 Å². The number of aryl methyl sites for hydroxylation is 2. The molecule has 1 saturated carbocycles. The van der Waals surface area contributed by atoms with Gasteiger partial charge in [0.1, 0.15) is 11.3 Å². The van der Waals surface area contributed by atoms with Crippen LogP contribution in [0.15, 0.2) is 4.52 Å². The number of nitrogens with one attached hydrogen (secondary N) is 1. The van der Waals surface area contributed by atoms with Gasteiger partial charge in [-0.05, 0) is 51.0 Å². The Morgan fingerprint density at radius 1 is 1.28 bits per heavy atom. The first kappa shape index (κ1) is 16.4. The standard InChI is InChI=1S/C18H21N3O3S/c1-10-19-17(24-21-10)15-13-6-2-3-8-14(13)25-18(15)20-16(23)12-7-4-5-11(12)9-22/h9,11-12H,2-8H2,1H3,(H,20,23). The molecule has 2 atom stereocenters.